The first-order chi connectivity index (χ1) is 6.88. The van der Waals surface area contributed by atoms with Gasteiger partial charge in [0.15, 0.2) is 0 Å². The highest BCUT2D eigenvalue weighted by Crippen LogP contribution is 2.35. The van der Waals surface area contributed by atoms with Gasteiger partial charge in [0, 0.05) is 12.1 Å². The van der Waals surface area contributed by atoms with Gasteiger partial charge in [-0.2, -0.15) is 0 Å². The van der Waals surface area contributed by atoms with Crippen molar-refractivity contribution in [2.75, 3.05) is 20.6 Å². The van der Waals surface area contributed by atoms with Gasteiger partial charge in [0.05, 0.1) is 0 Å². The van der Waals surface area contributed by atoms with E-state index in [-0.39, 0.29) is 0 Å². The first-order valence-corrected chi connectivity index (χ1v) is 6.24. The Balaban J connectivity index is 2.50. The van der Waals surface area contributed by atoms with Crippen LogP contribution in [0.15, 0.2) is 0 Å². The van der Waals surface area contributed by atoms with Crippen LogP contribution in [0.3, 0.4) is 0 Å². The second-order valence-corrected chi connectivity index (χ2v) is 6.17. The van der Waals surface area contributed by atoms with Crippen molar-refractivity contribution in [1.82, 2.24) is 10.2 Å². The molecule has 90 valence electrons. The maximum Gasteiger partial charge on any atom is 0.0136 e. The third-order valence-electron chi connectivity index (χ3n) is 4.23. The molecular weight excluding hydrogens is 184 g/mol. The Bertz CT molecular complexity index is 195. The third-order valence-corrected chi connectivity index (χ3v) is 4.23. The second kappa shape index (κ2) is 4.84. The van der Waals surface area contributed by atoms with E-state index in [0.29, 0.717) is 11.5 Å². The summed E-state index contributed by atoms with van der Waals surface area (Å²) in [4.78, 5) is 2.59. The molecule has 3 unspecified atom stereocenters. The SMILES string of the molecule is CNCC1CCC1N(C)C(C)C(C)(C)C. The predicted molar refractivity (Wildman–Crippen MR) is 67.1 cm³/mol. The van der Waals surface area contributed by atoms with Crippen LogP contribution in [-0.2, 0) is 0 Å². The fourth-order valence-corrected chi connectivity index (χ4v) is 2.49. The lowest BCUT2D eigenvalue weighted by molar-refractivity contribution is 0.0173. The van der Waals surface area contributed by atoms with Gasteiger partial charge in [0.25, 0.3) is 0 Å². The molecule has 0 radical (unpaired) electrons. The van der Waals surface area contributed by atoms with Crippen LogP contribution in [0.2, 0.25) is 0 Å². The summed E-state index contributed by atoms with van der Waals surface area (Å²) in [6.45, 7) is 10.5. The van der Waals surface area contributed by atoms with Crippen LogP contribution in [0.5, 0.6) is 0 Å². The molecule has 1 N–H and O–H groups in total. The van der Waals surface area contributed by atoms with Gasteiger partial charge in [-0.25, -0.2) is 0 Å². The molecule has 0 aromatic heterocycles. The van der Waals surface area contributed by atoms with E-state index < -0.39 is 0 Å². The van der Waals surface area contributed by atoms with Crippen molar-refractivity contribution >= 4 is 0 Å². The Morgan fingerprint density at radius 2 is 1.93 bits per heavy atom. The third kappa shape index (κ3) is 2.94. The number of hydrogen-bond acceptors (Lipinski definition) is 2. The van der Waals surface area contributed by atoms with Crippen molar-refractivity contribution in [2.45, 2.75) is 52.6 Å². The molecule has 1 fully saturated rings. The van der Waals surface area contributed by atoms with Gasteiger partial charge in [-0.15, -0.1) is 0 Å². The molecule has 3 atom stereocenters. The van der Waals surface area contributed by atoms with Crippen LogP contribution >= 0.6 is 0 Å². The van der Waals surface area contributed by atoms with Crippen molar-refractivity contribution in [2.24, 2.45) is 11.3 Å². The van der Waals surface area contributed by atoms with Crippen molar-refractivity contribution in [1.29, 1.82) is 0 Å². The molecule has 1 rings (SSSR count). The molecule has 1 aliphatic carbocycles. The summed E-state index contributed by atoms with van der Waals surface area (Å²) in [6.07, 6.45) is 2.77. The molecule has 0 aromatic carbocycles. The fraction of sp³-hybridized carbons (Fsp3) is 1.00. The van der Waals surface area contributed by atoms with Gasteiger partial charge in [0.1, 0.15) is 0 Å². The van der Waals surface area contributed by atoms with Crippen molar-refractivity contribution in [3.8, 4) is 0 Å². The molecule has 0 aliphatic heterocycles. The average molecular weight is 212 g/mol. The molecule has 0 aromatic rings. The van der Waals surface area contributed by atoms with E-state index in [0.717, 1.165) is 12.0 Å². The van der Waals surface area contributed by atoms with E-state index in [1.807, 2.05) is 0 Å². The highest BCUT2D eigenvalue weighted by Gasteiger charge is 2.37. The van der Waals surface area contributed by atoms with Crippen LogP contribution in [0.25, 0.3) is 0 Å². The largest absolute Gasteiger partial charge is 0.319 e. The van der Waals surface area contributed by atoms with Crippen LogP contribution in [-0.4, -0.2) is 37.6 Å². The Morgan fingerprint density at radius 1 is 1.33 bits per heavy atom. The molecule has 0 saturated heterocycles. The summed E-state index contributed by atoms with van der Waals surface area (Å²) in [6, 6.07) is 1.45. The first-order valence-electron chi connectivity index (χ1n) is 6.24. The molecule has 0 heterocycles. The van der Waals surface area contributed by atoms with Crippen LogP contribution < -0.4 is 5.32 Å². The van der Waals surface area contributed by atoms with Gasteiger partial charge in [-0.1, -0.05) is 20.8 Å². The minimum absolute atomic E-state index is 0.383. The van der Waals surface area contributed by atoms with E-state index in [1.165, 1.54) is 19.4 Å². The molecule has 0 spiro atoms. The molecule has 2 heteroatoms. The van der Waals surface area contributed by atoms with Gasteiger partial charge < -0.3 is 5.32 Å². The zero-order valence-electron chi connectivity index (χ0n) is 11.3. The van der Waals surface area contributed by atoms with Crippen LogP contribution in [0.1, 0.15) is 40.5 Å². The maximum absolute atomic E-state index is 3.31. The zero-order valence-corrected chi connectivity index (χ0v) is 11.3. The summed E-state index contributed by atoms with van der Waals surface area (Å²) in [7, 11) is 4.35. The zero-order chi connectivity index (χ0) is 11.6. The van der Waals surface area contributed by atoms with Crippen LogP contribution in [0, 0.1) is 11.3 Å². The van der Waals surface area contributed by atoms with Gasteiger partial charge >= 0.3 is 0 Å². The minimum Gasteiger partial charge on any atom is -0.319 e. The van der Waals surface area contributed by atoms with Gasteiger partial charge in [0.2, 0.25) is 0 Å². The number of nitrogens with one attached hydrogen (secondary N) is 1. The smallest absolute Gasteiger partial charge is 0.0136 e. The standard InChI is InChI=1S/C13H28N2/c1-10(13(2,3)4)15(6)12-8-7-11(12)9-14-5/h10-12,14H,7-9H2,1-6H3. The topological polar surface area (TPSA) is 15.3 Å². The summed E-state index contributed by atoms with van der Waals surface area (Å²) < 4.78 is 0. The second-order valence-electron chi connectivity index (χ2n) is 6.17. The van der Waals surface area contributed by atoms with Crippen molar-refractivity contribution < 1.29 is 0 Å². The Labute approximate surface area is 95.4 Å². The lowest BCUT2D eigenvalue weighted by atomic mass is 9.76. The van der Waals surface area contributed by atoms with E-state index in [1.54, 1.807) is 0 Å². The van der Waals surface area contributed by atoms with E-state index in [4.69, 9.17) is 0 Å². The predicted octanol–water partition coefficient (Wildman–Crippen LogP) is 2.35. The Kier molecular flexibility index (Phi) is 4.19. The normalized spacial score (nSPS) is 29.0. The first kappa shape index (κ1) is 13.0. The summed E-state index contributed by atoms with van der Waals surface area (Å²) in [5.74, 6) is 0.866. The minimum atomic E-state index is 0.383. The Hall–Kier alpha value is -0.0800. The van der Waals surface area contributed by atoms with E-state index in [2.05, 4.69) is 52.0 Å². The van der Waals surface area contributed by atoms with Crippen LogP contribution in [0.4, 0.5) is 0 Å². The summed E-state index contributed by atoms with van der Waals surface area (Å²) in [5, 5.41) is 3.31. The summed E-state index contributed by atoms with van der Waals surface area (Å²) >= 11 is 0. The monoisotopic (exact) mass is 212 g/mol. The number of nitrogens with zero attached hydrogens (tertiary/aromatic N) is 1. The summed E-state index contributed by atoms with van der Waals surface area (Å²) in [5.41, 5.74) is 0.383. The maximum atomic E-state index is 3.31. The highest BCUT2D eigenvalue weighted by molar-refractivity contribution is 4.92. The molecule has 2 nitrogen and oxygen atoms in total. The lowest BCUT2D eigenvalue weighted by Gasteiger charge is -2.48. The number of rotatable bonds is 4. The fourth-order valence-electron chi connectivity index (χ4n) is 2.49. The van der Waals surface area contributed by atoms with Crippen molar-refractivity contribution in [3.63, 3.8) is 0 Å². The molecule has 1 aliphatic rings. The molecular formula is C13H28N2. The van der Waals surface area contributed by atoms with Gasteiger partial charge in [-0.05, 0) is 51.7 Å². The Morgan fingerprint density at radius 3 is 2.27 bits per heavy atom. The molecule has 0 bridgehead atoms. The van der Waals surface area contributed by atoms with Crippen molar-refractivity contribution in [3.05, 3.63) is 0 Å². The van der Waals surface area contributed by atoms with E-state index >= 15 is 0 Å². The quantitative estimate of drug-likeness (QED) is 0.769. The molecule has 1 saturated carbocycles. The van der Waals surface area contributed by atoms with Gasteiger partial charge in [-0.3, -0.25) is 4.90 Å². The van der Waals surface area contributed by atoms with E-state index in [9.17, 15) is 0 Å². The lowest BCUT2D eigenvalue weighted by Crippen LogP contribution is -2.54. The molecule has 0 amide bonds. The number of hydrogen-bond donors (Lipinski definition) is 1. The molecule has 15 heavy (non-hydrogen) atoms. The highest BCUT2D eigenvalue weighted by atomic mass is 15.2. The average Bonchev–Trinajstić information content (AvgIpc) is 2.09.